The van der Waals surface area contributed by atoms with Crippen molar-refractivity contribution in [2.45, 2.75) is 0 Å². The highest BCUT2D eigenvalue weighted by Crippen LogP contribution is 2.18. The van der Waals surface area contributed by atoms with Gasteiger partial charge in [0.1, 0.15) is 5.15 Å². The Balaban J connectivity index is 3.07. The van der Waals surface area contributed by atoms with Gasteiger partial charge in [-0.25, -0.2) is 4.98 Å². The number of nitriles is 1. The maximum atomic E-state index is 8.28. The molecule has 12 heavy (non-hydrogen) atoms. The number of halogens is 2. The first-order valence-corrected chi connectivity index (χ1v) is 4.28. The van der Waals surface area contributed by atoms with E-state index in [4.69, 9.17) is 16.9 Å². The molecule has 0 unspecified atom stereocenters. The second-order valence-electron chi connectivity index (χ2n) is 2.00. The molecular weight excluding hydrogens is 239 g/mol. The number of allylic oxidation sites excluding steroid dienone is 1. The number of rotatable bonds is 1. The molecule has 0 amide bonds. The SMILES string of the molecule is N#CC=Cc1cc(Br)cnc1Cl. The third-order valence-electron chi connectivity index (χ3n) is 1.17. The molecule has 0 aliphatic carbocycles. The molecule has 1 aromatic rings. The van der Waals surface area contributed by atoms with Gasteiger partial charge in [-0.15, -0.1) is 0 Å². The number of aromatic nitrogens is 1. The van der Waals surface area contributed by atoms with Crippen LogP contribution < -0.4 is 0 Å². The van der Waals surface area contributed by atoms with Gasteiger partial charge in [0.25, 0.3) is 0 Å². The largest absolute Gasteiger partial charge is 0.243 e. The van der Waals surface area contributed by atoms with E-state index in [-0.39, 0.29) is 0 Å². The van der Waals surface area contributed by atoms with Crippen molar-refractivity contribution < 1.29 is 0 Å². The van der Waals surface area contributed by atoms with Crippen molar-refractivity contribution >= 4 is 33.6 Å². The molecule has 0 radical (unpaired) electrons. The van der Waals surface area contributed by atoms with E-state index in [9.17, 15) is 0 Å². The third kappa shape index (κ3) is 2.33. The van der Waals surface area contributed by atoms with Crippen LogP contribution >= 0.6 is 27.5 Å². The van der Waals surface area contributed by atoms with Crippen molar-refractivity contribution in [1.29, 1.82) is 5.26 Å². The molecule has 0 atom stereocenters. The number of pyridine rings is 1. The third-order valence-corrected chi connectivity index (χ3v) is 1.92. The first-order chi connectivity index (χ1) is 5.74. The second kappa shape index (κ2) is 4.24. The normalized spacial score (nSPS) is 10.1. The molecule has 0 saturated carbocycles. The zero-order chi connectivity index (χ0) is 8.97. The molecule has 0 aromatic carbocycles. The summed E-state index contributed by atoms with van der Waals surface area (Å²) >= 11 is 8.99. The van der Waals surface area contributed by atoms with Gasteiger partial charge in [0.2, 0.25) is 0 Å². The van der Waals surface area contributed by atoms with E-state index < -0.39 is 0 Å². The fraction of sp³-hybridized carbons (Fsp3) is 0. The van der Waals surface area contributed by atoms with Gasteiger partial charge < -0.3 is 0 Å². The quantitative estimate of drug-likeness (QED) is 0.561. The molecule has 0 N–H and O–H groups in total. The molecule has 0 fully saturated rings. The standard InChI is InChI=1S/C8H4BrClN2/c9-7-4-6(2-1-3-11)8(10)12-5-7/h1-2,4-5H. The lowest BCUT2D eigenvalue weighted by Crippen LogP contribution is -1.80. The number of hydrogen-bond acceptors (Lipinski definition) is 2. The maximum Gasteiger partial charge on any atom is 0.136 e. The summed E-state index contributed by atoms with van der Waals surface area (Å²) in [7, 11) is 0. The summed E-state index contributed by atoms with van der Waals surface area (Å²) in [6.07, 6.45) is 4.57. The van der Waals surface area contributed by atoms with Crippen LogP contribution in [0.3, 0.4) is 0 Å². The van der Waals surface area contributed by atoms with E-state index >= 15 is 0 Å². The van der Waals surface area contributed by atoms with Crippen molar-refractivity contribution in [1.82, 2.24) is 4.98 Å². The zero-order valence-electron chi connectivity index (χ0n) is 5.96. The summed E-state index contributed by atoms with van der Waals surface area (Å²) in [6, 6.07) is 3.68. The van der Waals surface area contributed by atoms with Crippen LogP contribution in [0.15, 0.2) is 22.8 Å². The van der Waals surface area contributed by atoms with Crippen molar-refractivity contribution in [2.24, 2.45) is 0 Å². The van der Waals surface area contributed by atoms with Crippen LogP contribution in [0.4, 0.5) is 0 Å². The van der Waals surface area contributed by atoms with Crippen LogP contribution in [0.25, 0.3) is 6.08 Å². The highest BCUT2D eigenvalue weighted by atomic mass is 79.9. The highest BCUT2D eigenvalue weighted by molar-refractivity contribution is 9.10. The lowest BCUT2D eigenvalue weighted by atomic mass is 10.3. The van der Waals surface area contributed by atoms with Crippen LogP contribution in [0.2, 0.25) is 5.15 Å². The fourth-order valence-corrected chi connectivity index (χ4v) is 1.20. The Morgan fingerprint density at radius 2 is 2.42 bits per heavy atom. The van der Waals surface area contributed by atoms with Gasteiger partial charge in [0, 0.05) is 22.3 Å². The van der Waals surface area contributed by atoms with Crippen LogP contribution in [0.5, 0.6) is 0 Å². The molecule has 4 heteroatoms. The lowest BCUT2D eigenvalue weighted by Gasteiger charge is -1.95. The topological polar surface area (TPSA) is 36.7 Å². The van der Waals surface area contributed by atoms with Gasteiger partial charge in [0.05, 0.1) is 6.07 Å². The monoisotopic (exact) mass is 242 g/mol. The molecule has 1 rings (SSSR count). The zero-order valence-corrected chi connectivity index (χ0v) is 8.30. The van der Waals surface area contributed by atoms with Gasteiger partial charge in [-0.2, -0.15) is 5.26 Å². The van der Waals surface area contributed by atoms with Crippen molar-refractivity contribution in [2.75, 3.05) is 0 Å². The molecule has 0 bridgehead atoms. The lowest BCUT2D eigenvalue weighted by molar-refractivity contribution is 1.30. The molecular formula is C8H4BrClN2. The Labute approximate surface area is 83.6 Å². The Hall–Kier alpha value is -0.850. The Kier molecular flexibility index (Phi) is 3.27. The molecule has 1 aromatic heterocycles. The van der Waals surface area contributed by atoms with E-state index in [2.05, 4.69) is 20.9 Å². The minimum atomic E-state index is 0.393. The van der Waals surface area contributed by atoms with Crippen molar-refractivity contribution in [3.63, 3.8) is 0 Å². The summed E-state index contributed by atoms with van der Waals surface area (Å²) in [4.78, 5) is 3.89. The fourth-order valence-electron chi connectivity index (χ4n) is 0.682. The van der Waals surface area contributed by atoms with E-state index in [0.717, 1.165) is 10.0 Å². The highest BCUT2D eigenvalue weighted by Gasteiger charge is 1.97. The summed E-state index contributed by atoms with van der Waals surface area (Å²) in [6.45, 7) is 0. The van der Waals surface area contributed by atoms with Gasteiger partial charge in [-0.05, 0) is 28.1 Å². The van der Waals surface area contributed by atoms with Crippen LogP contribution in [0, 0.1) is 11.3 Å². The average Bonchev–Trinajstić information content (AvgIpc) is 2.07. The Bertz CT molecular complexity index is 355. The summed E-state index contributed by atoms with van der Waals surface area (Å²) < 4.78 is 0.837. The average molecular weight is 243 g/mol. The molecule has 0 saturated heterocycles. The van der Waals surface area contributed by atoms with Gasteiger partial charge in [0.15, 0.2) is 0 Å². The predicted octanol–water partition coefficient (Wildman–Crippen LogP) is 3.03. The molecule has 0 aliphatic rings. The maximum absolute atomic E-state index is 8.28. The van der Waals surface area contributed by atoms with Crippen LogP contribution in [-0.4, -0.2) is 4.98 Å². The van der Waals surface area contributed by atoms with Crippen LogP contribution in [0.1, 0.15) is 5.56 Å². The van der Waals surface area contributed by atoms with E-state index in [0.29, 0.717) is 5.15 Å². The number of hydrogen-bond donors (Lipinski definition) is 0. The first-order valence-electron chi connectivity index (χ1n) is 3.11. The minimum absolute atomic E-state index is 0.393. The van der Waals surface area contributed by atoms with Gasteiger partial charge >= 0.3 is 0 Å². The Morgan fingerprint density at radius 1 is 1.67 bits per heavy atom. The van der Waals surface area contributed by atoms with Crippen molar-refractivity contribution in [3.05, 3.63) is 33.5 Å². The summed E-state index contributed by atoms with van der Waals surface area (Å²) in [5.74, 6) is 0. The van der Waals surface area contributed by atoms with Crippen LogP contribution in [-0.2, 0) is 0 Å². The number of nitrogens with zero attached hydrogens (tertiary/aromatic N) is 2. The first kappa shape index (κ1) is 9.24. The van der Waals surface area contributed by atoms with Crippen molar-refractivity contribution in [3.8, 4) is 6.07 Å². The predicted molar refractivity (Wildman–Crippen MR) is 51.6 cm³/mol. The Morgan fingerprint density at radius 3 is 3.08 bits per heavy atom. The van der Waals surface area contributed by atoms with E-state index in [1.54, 1.807) is 18.3 Å². The molecule has 0 aliphatic heterocycles. The van der Waals surface area contributed by atoms with Gasteiger partial charge in [-0.3, -0.25) is 0 Å². The molecule has 2 nitrogen and oxygen atoms in total. The molecule has 0 spiro atoms. The molecule has 1 heterocycles. The van der Waals surface area contributed by atoms with E-state index in [1.165, 1.54) is 6.08 Å². The van der Waals surface area contributed by atoms with Gasteiger partial charge in [-0.1, -0.05) is 11.6 Å². The summed E-state index contributed by atoms with van der Waals surface area (Å²) in [5, 5.41) is 8.67. The smallest absolute Gasteiger partial charge is 0.136 e. The summed E-state index contributed by atoms with van der Waals surface area (Å²) in [5.41, 5.74) is 0.729. The molecule has 60 valence electrons. The minimum Gasteiger partial charge on any atom is -0.243 e. The second-order valence-corrected chi connectivity index (χ2v) is 3.27. The van der Waals surface area contributed by atoms with E-state index in [1.807, 2.05) is 6.07 Å².